The molecule has 158 valence electrons. The summed E-state index contributed by atoms with van der Waals surface area (Å²) < 4.78 is 32.4. The maximum absolute atomic E-state index is 12.8. The van der Waals surface area contributed by atoms with Crippen LogP contribution in [0.2, 0.25) is 0 Å². The van der Waals surface area contributed by atoms with Crippen LogP contribution < -0.4 is 18.9 Å². The first-order chi connectivity index (χ1) is 14.5. The van der Waals surface area contributed by atoms with Crippen LogP contribution in [0.5, 0.6) is 23.0 Å². The lowest BCUT2D eigenvalue weighted by Crippen LogP contribution is -2.19. The van der Waals surface area contributed by atoms with Gasteiger partial charge in [0.15, 0.2) is 23.0 Å². The molecule has 0 unspecified atom stereocenters. The second kappa shape index (κ2) is 7.78. The zero-order chi connectivity index (χ0) is 21.4. The molecule has 4 rings (SSSR count). The van der Waals surface area contributed by atoms with Gasteiger partial charge < -0.3 is 28.4 Å². The summed E-state index contributed by atoms with van der Waals surface area (Å²) in [5.74, 6) is -0.425. The van der Waals surface area contributed by atoms with Crippen molar-refractivity contribution in [2.24, 2.45) is 11.8 Å². The Kier molecular flexibility index (Phi) is 5.15. The molecule has 8 nitrogen and oxygen atoms in total. The van der Waals surface area contributed by atoms with Gasteiger partial charge in [0.05, 0.1) is 28.4 Å². The molecule has 2 saturated heterocycles. The summed E-state index contributed by atoms with van der Waals surface area (Å²) in [7, 11) is 6.10. The number of carbonyl (C=O) groups is 2. The van der Waals surface area contributed by atoms with Gasteiger partial charge in [-0.15, -0.1) is 0 Å². The van der Waals surface area contributed by atoms with Gasteiger partial charge in [-0.05, 0) is 35.4 Å². The summed E-state index contributed by atoms with van der Waals surface area (Å²) in [6.45, 7) is 0. The number of hydrogen-bond donors (Lipinski definition) is 0. The maximum atomic E-state index is 12.8. The van der Waals surface area contributed by atoms with Crippen molar-refractivity contribution in [2.45, 2.75) is 12.2 Å². The SMILES string of the molecule is COc1ccc([C@@H]2OC(=O)[C@@H]3[C@H]2C(=O)O[C@H]3c2ccc(OC)c(OC)c2)cc1OC. The normalized spacial score (nSPS) is 24.7. The molecule has 0 amide bonds. The van der Waals surface area contributed by atoms with Crippen molar-refractivity contribution < 1.29 is 38.0 Å². The Morgan fingerprint density at radius 1 is 0.600 bits per heavy atom. The van der Waals surface area contributed by atoms with Crippen molar-refractivity contribution in [3.63, 3.8) is 0 Å². The molecule has 2 heterocycles. The van der Waals surface area contributed by atoms with Crippen LogP contribution in [0.15, 0.2) is 36.4 Å². The van der Waals surface area contributed by atoms with Crippen molar-refractivity contribution in [1.82, 2.24) is 0 Å². The van der Waals surface area contributed by atoms with E-state index in [0.717, 1.165) is 0 Å². The molecule has 0 aromatic heterocycles. The third-order valence-corrected chi connectivity index (χ3v) is 5.54. The Bertz CT molecular complexity index is 906. The van der Waals surface area contributed by atoms with E-state index in [0.29, 0.717) is 34.1 Å². The minimum atomic E-state index is -0.764. The van der Waals surface area contributed by atoms with E-state index in [1.165, 1.54) is 28.4 Å². The summed E-state index contributed by atoms with van der Waals surface area (Å²) >= 11 is 0. The van der Waals surface area contributed by atoms with Gasteiger partial charge >= 0.3 is 11.9 Å². The van der Waals surface area contributed by atoms with Gasteiger partial charge in [-0.1, -0.05) is 12.1 Å². The van der Waals surface area contributed by atoms with E-state index < -0.39 is 36.0 Å². The monoisotopic (exact) mass is 414 g/mol. The third kappa shape index (κ3) is 3.08. The molecular formula is C22H22O8. The molecule has 2 aromatic rings. The predicted molar refractivity (Wildman–Crippen MR) is 104 cm³/mol. The molecule has 0 radical (unpaired) electrons. The van der Waals surface area contributed by atoms with Crippen LogP contribution in [-0.2, 0) is 19.1 Å². The number of esters is 2. The molecule has 2 aliphatic rings. The Hall–Kier alpha value is -3.42. The number of ether oxygens (including phenoxy) is 6. The zero-order valence-corrected chi connectivity index (χ0v) is 17.0. The summed E-state index contributed by atoms with van der Waals surface area (Å²) in [6.07, 6.45) is -1.53. The van der Waals surface area contributed by atoms with Gasteiger partial charge in [0, 0.05) is 0 Å². The molecule has 0 N–H and O–H groups in total. The fourth-order valence-electron chi connectivity index (χ4n) is 4.08. The first-order valence-electron chi connectivity index (χ1n) is 9.37. The first-order valence-corrected chi connectivity index (χ1v) is 9.37. The van der Waals surface area contributed by atoms with E-state index in [1.807, 2.05) is 0 Å². The lowest BCUT2D eigenvalue weighted by atomic mass is 9.84. The summed E-state index contributed by atoms with van der Waals surface area (Å²) in [4.78, 5) is 25.5. The van der Waals surface area contributed by atoms with E-state index in [1.54, 1.807) is 36.4 Å². The van der Waals surface area contributed by atoms with Gasteiger partial charge in [0.25, 0.3) is 0 Å². The molecule has 0 saturated carbocycles. The molecule has 30 heavy (non-hydrogen) atoms. The number of hydrogen-bond acceptors (Lipinski definition) is 8. The van der Waals surface area contributed by atoms with Crippen LogP contribution in [0.25, 0.3) is 0 Å². The Balaban J connectivity index is 1.68. The van der Waals surface area contributed by atoms with Gasteiger partial charge in [-0.3, -0.25) is 9.59 Å². The van der Waals surface area contributed by atoms with Crippen LogP contribution >= 0.6 is 0 Å². The first kappa shape index (κ1) is 19.9. The fourth-order valence-corrected chi connectivity index (χ4v) is 4.08. The van der Waals surface area contributed by atoms with Crippen LogP contribution in [-0.4, -0.2) is 40.4 Å². The summed E-state index contributed by atoms with van der Waals surface area (Å²) in [5, 5.41) is 0. The summed E-state index contributed by atoms with van der Waals surface area (Å²) in [6, 6.07) is 10.3. The molecule has 2 aliphatic heterocycles. The average Bonchev–Trinajstić information content (AvgIpc) is 3.30. The van der Waals surface area contributed by atoms with Gasteiger partial charge in [-0.2, -0.15) is 0 Å². The Morgan fingerprint density at radius 2 is 0.967 bits per heavy atom. The summed E-state index contributed by atoms with van der Waals surface area (Å²) in [5.41, 5.74) is 1.27. The van der Waals surface area contributed by atoms with Gasteiger partial charge in [0.1, 0.15) is 24.0 Å². The highest BCUT2D eigenvalue weighted by Crippen LogP contribution is 2.52. The van der Waals surface area contributed by atoms with Gasteiger partial charge in [0.2, 0.25) is 0 Å². The van der Waals surface area contributed by atoms with Crippen LogP contribution in [0.3, 0.4) is 0 Å². The number of cyclic esters (lactones) is 2. The minimum absolute atomic E-state index is 0.481. The number of benzene rings is 2. The topological polar surface area (TPSA) is 89.5 Å². The third-order valence-electron chi connectivity index (χ3n) is 5.54. The minimum Gasteiger partial charge on any atom is -0.493 e. The maximum Gasteiger partial charge on any atom is 0.314 e. The highest BCUT2D eigenvalue weighted by Gasteiger charge is 2.60. The van der Waals surface area contributed by atoms with Crippen molar-refractivity contribution in [1.29, 1.82) is 0 Å². The lowest BCUT2D eigenvalue weighted by Gasteiger charge is -2.17. The predicted octanol–water partition coefficient (Wildman–Crippen LogP) is 2.85. The molecule has 0 aliphatic carbocycles. The quantitative estimate of drug-likeness (QED) is 0.667. The van der Waals surface area contributed by atoms with Crippen LogP contribution in [0.4, 0.5) is 0 Å². The second-order valence-electron chi connectivity index (χ2n) is 7.00. The zero-order valence-electron chi connectivity index (χ0n) is 17.0. The number of carbonyl (C=O) groups excluding carboxylic acids is 2. The average molecular weight is 414 g/mol. The Morgan fingerprint density at radius 3 is 1.30 bits per heavy atom. The number of fused-ring (bicyclic) bond motifs is 1. The highest BCUT2D eigenvalue weighted by molar-refractivity contribution is 5.89. The van der Waals surface area contributed by atoms with E-state index in [2.05, 4.69) is 0 Å². The van der Waals surface area contributed by atoms with E-state index in [-0.39, 0.29) is 0 Å². The molecule has 2 fully saturated rings. The standard InChI is InChI=1S/C22H22O8/c1-25-13-7-5-11(9-15(13)27-3)19-17-18(22(24)29-19)20(30-21(17)23)12-6-8-14(26-2)16(10-12)28-4/h5-10,17-20H,1-4H3/t17-,18-,19+,20+/m1/s1. The molecule has 0 spiro atoms. The number of methoxy groups -OCH3 is 4. The van der Waals surface area contributed by atoms with Gasteiger partial charge in [-0.25, -0.2) is 0 Å². The Labute approximate surface area is 173 Å². The molecular weight excluding hydrogens is 392 g/mol. The van der Waals surface area contributed by atoms with Crippen molar-refractivity contribution >= 4 is 11.9 Å². The lowest BCUT2D eigenvalue weighted by molar-refractivity contribution is -0.154. The van der Waals surface area contributed by atoms with Crippen molar-refractivity contribution in [2.75, 3.05) is 28.4 Å². The fraction of sp³-hybridized carbons (Fsp3) is 0.364. The van der Waals surface area contributed by atoms with Crippen LogP contribution in [0, 0.1) is 11.8 Å². The van der Waals surface area contributed by atoms with Crippen molar-refractivity contribution in [3.8, 4) is 23.0 Å². The smallest absolute Gasteiger partial charge is 0.314 e. The molecule has 8 heteroatoms. The second-order valence-corrected chi connectivity index (χ2v) is 7.00. The number of rotatable bonds is 6. The largest absolute Gasteiger partial charge is 0.493 e. The molecule has 2 aromatic carbocycles. The molecule has 0 bridgehead atoms. The highest BCUT2D eigenvalue weighted by atomic mass is 16.6. The van der Waals surface area contributed by atoms with Crippen molar-refractivity contribution in [3.05, 3.63) is 47.5 Å². The molecule has 4 atom stereocenters. The van der Waals surface area contributed by atoms with E-state index in [9.17, 15) is 9.59 Å². The van der Waals surface area contributed by atoms with Crippen LogP contribution in [0.1, 0.15) is 23.3 Å². The van der Waals surface area contributed by atoms with E-state index in [4.69, 9.17) is 28.4 Å². The van der Waals surface area contributed by atoms with E-state index >= 15 is 0 Å².